The maximum Gasteiger partial charge on any atom is 0.238 e. The van der Waals surface area contributed by atoms with Crippen LogP contribution in [0.2, 0.25) is 5.02 Å². The topological polar surface area (TPSA) is 116 Å². The summed E-state index contributed by atoms with van der Waals surface area (Å²) in [5, 5.41) is 5.01. The highest BCUT2D eigenvalue weighted by atomic mass is 35.5. The SMILES string of the molecule is COCCS(=O)(=O)Nc1cc(S(N)(=O)=O)ccc1Cl. The van der Waals surface area contributed by atoms with Gasteiger partial charge in [0.2, 0.25) is 20.0 Å². The van der Waals surface area contributed by atoms with Gasteiger partial charge in [-0.1, -0.05) is 11.6 Å². The lowest BCUT2D eigenvalue weighted by Gasteiger charge is -2.10. The Labute approximate surface area is 116 Å². The third-order valence-electron chi connectivity index (χ3n) is 2.09. The highest BCUT2D eigenvalue weighted by molar-refractivity contribution is 7.92. The van der Waals surface area contributed by atoms with E-state index < -0.39 is 20.0 Å². The van der Waals surface area contributed by atoms with Gasteiger partial charge in [0.25, 0.3) is 0 Å². The first-order valence-corrected chi connectivity index (χ1v) is 8.55. The molecule has 0 saturated heterocycles. The van der Waals surface area contributed by atoms with Crippen LogP contribution in [0.1, 0.15) is 0 Å². The van der Waals surface area contributed by atoms with Crippen molar-refractivity contribution in [1.29, 1.82) is 0 Å². The number of methoxy groups -OCH3 is 1. The Bertz CT molecular complexity index is 657. The summed E-state index contributed by atoms with van der Waals surface area (Å²) in [5.74, 6) is -0.278. The van der Waals surface area contributed by atoms with E-state index in [-0.39, 0.29) is 28.0 Å². The van der Waals surface area contributed by atoms with Crippen LogP contribution in [-0.2, 0) is 24.8 Å². The Balaban J connectivity index is 3.08. The number of anilines is 1. The summed E-state index contributed by atoms with van der Waals surface area (Å²) in [6.07, 6.45) is 0. The van der Waals surface area contributed by atoms with E-state index in [9.17, 15) is 16.8 Å². The minimum Gasteiger partial charge on any atom is -0.384 e. The van der Waals surface area contributed by atoms with E-state index in [4.69, 9.17) is 16.7 Å². The zero-order valence-corrected chi connectivity index (χ0v) is 12.3. The first-order valence-electron chi connectivity index (χ1n) is 4.97. The second kappa shape index (κ2) is 6.06. The lowest BCUT2D eigenvalue weighted by atomic mass is 10.3. The number of benzene rings is 1. The number of primary sulfonamides is 1. The monoisotopic (exact) mass is 328 g/mol. The lowest BCUT2D eigenvalue weighted by Crippen LogP contribution is -2.20. The number of halogens is 1. The van der Waals surface area contributed by atoms with E-state index in [0.717, 1.165) is 6.07 Å². The normalized spacial score (nSPS) is 12.4. The Morgan fingerprint density at radius 1 is 1.32 bits per heavy atom. The number of sulfonamides is 2. The summed E-state index contributed by atoms with van der Waals surface area (Å²) in [6.45, 7) is 0.00182. The summed E-state index contributed by atoms with van der Waals surface area (Å²) >= 11 is 5.79. The van der Waals surface area contributed by atoms with Crippen LogP contribution in [0.4, 0.5) is 5.69 Å². The smallest absolute Gasteiger partial charge is 0.238 e. The maximum atomic E-state index is 11.6. The Morgan fingerprint density at radius 2 is 1.95 bits per heavy atom. The number of nitrogens with two attached hydrogens (primary N) is 1. The molecule has 0 aromatic heterocycles. The van der Waals surface area contributed by atoms with Gasteiger partial charge in [-0.25, -0.2) is 22.0 Å². The molecule has 1 rings (SSSR count). The van der Waals surface area contributed by atoms with Crippen molar-refractivity contribution in [2.24, 2.45) is 5.14 Å². The van der Waals surface area contributed by atoms with Crippen LogP contribution in [-0.4, -0.2) is 36.3 Å². The number of rotatable bonds is 6. The largest absolute Gasteiger partial charge is 0.384 e. The van der Waals surface area contributed by atoms with Crippen molar-refractivity contribution in [2.45, 2.75) is 4.90 Å². The molecule has 19 heavy (non-hydrogen) atoms. The molecular weight excluding hydrogens is 316 g/mol. The summed E-state index contributed by atoms with van der Waals surface area (Å²) < 4.78 is 52.5. The molecule has 0 aliphatic heterocycles. The van der Waals surface area contributed by atoms with Crippen LogP contribution in [0.3, 0.4) is 0 Å². The number of hydrogen-bond donors (Lipinski definition) is 2. The van der Waals surface area contributed by atoms with Gasteiger partial charge >= 0.3 is 0 Å². The van der Waals surface area contributed by atoms with Crippen LogP contribution in [0, 0.1) is 0 Å². The van der Waals surface area contributed by atoms with Gasteiger partial charge in [-0.15, -0.1) is 0 Å². The van der Waals surface area contributed by atoms with Gasteiger partial charge in [0, 0.05) is 7.11 Å². The molecular formula is C9H13ClN2O5S2. The zero-order chi connectivity index (χ0) is 14.7. The Hall–Kier alpha value is -0.870. The molecule has 0 radical (unpaired) electrons. The second-order valence-corrected chi connectivity index (χ2v) is 7.41. The van der Waals surface area contributed by atoms with E-state index in [1.165, 1.54) is 19.2 Å². The zero-order valence-electron chi connectivity index (χ0n) is 9.96. The van der Waals surface area contributed by atoms with Gasteiger partial charge in [-0.3, -0.25) is 4.72 Å². The maximum absolute atomic E-state index is 11.6. The fourth-order valence-electron chi connectivity index (χ4n) is 1.17. The van der Waals surface area contributed by atoms with Crippen molar-refractivity contribution in [3.63, 3.8) is 0 Å². The minimum absolute atomic E-state index is 0.00182. The van der Waals surface area contributed by atoms with E-state index in [0.29, 0.717) is 0 Å². The van der Waals surface area contributed by atoms with Crippen LogP contribution >= 0.6 is 11.6 Å². The van der Waals surface area contributed by atoms with Crippen LogP contribution in [0.5, 0.6) is 0 Å². The Kier molecular flexibility index (Phi) is 5.16. The molecule has 0 aliphatic rings. The van der Waals surface area contributed by atoms with Gasteiger partial charge < -0.3 is 4.74 Å². The average Bonchev–Trinajstić information content (AvgIpc) is 2.28. The molecule has 1 aromatic carbocycles. The predicted molar refractivity (Wildman–Crippen MR) is 72.1 cm³/mol. The predicted octanol–water partition coefficient (Wildman–Crippen LogP) is 0.376. The molecule has 1 aromatic rings. The van der Waals surface area contributed by atoms with Gasteiger partial charge in [0.1, 0.15) is 0 Å². The average molecular weight is 329 g/mol. The molecule has 0 spiro atoms. The molecule has 0 aliphatic carbocycles. The van der Waals surface area contributed by atoms with Crippen molar-refractivity contribution in [3.05, 3.63) is 23.2 Å². The molecule has 7 nitrogen and oxygen atoms in total. The molecule has 0 saturated carbocycles. The molecule has 108 valence electrons. The van der Waals surface area contributed by atoms with E-state index in [2.05, 4.69) is 9.46 Å². The molecule has 0 amide bonds. The molecule has 0 heterocycles. The quantitative estimate of drug-likeness (QED) is 0.783. The molecule has 0 unspecified atom stereocenters. The summed E-state index contributed by atoms with van der Waals surface area (Å²) in [7, 11) is -6.24. The van der Waals surface area contributed by atoms with E-state index in [1.54, 1.807) is 0 Å². The van der Waals surface area contributed by atoms with Crippen LogP contribution in [0.15, 0.2) is 23.1 Å². The van der Waals surface area contributed by atoms with Crippen molar-refractivity contribution in [3.8, 4) is 0 Å². The molecule has 0 fully saturated rings. The van der Waals surface area contributed by atoms with Crippen LogP contribution in [0.25, 0.3) is 0 Å². The lowest BCUT2D eigenvalue weighted by molar-refractivity contribution is 0.217. The van der Waals surface area contributed by atoms with Crippen molar-refractivity contribution in [1.82, 2.24) is 0 Å². The number of nitrogens with one attached hydrogen (secondary N) is 1. The summed E-state index contributed by atoms with van der Waals surface area (Å²) in [6, 6.07) is 3.49. The van der Waals surface area contributed by atoms with E-state index >= 15 is 0 Å². The first kappa shape index (κ1) is 16.2. The van der Waals surface area contributed by atoms with Crippen molar-refractivity contribution < 1.29 is 21.6 Å². The first-order chi connectivity index (χ1) is 8.65. The molecule has 10 heteroatoms. The second-order valence-electron chi connectivity index (χ2n) is 3.60. The summed E-state index contributed by atoms with van der Waals surface area (Å²) in [4.78, 5) is -0.235. The third-order valence-corrected chi connectivity index (χ3v) is 4.56. The van der Waals surface area contributed by atoms with Gasteiger partial charge in [-0.05, 0) is 18.2 Å². The van der Waals surface area contributed by atoms with E-state index in [1.807, 2.05) is 0 Å². The summed E-state index contributed by atoms with van der Waals surface area (Å²) in [5.41, 5.74) is -0.0516. The molecule has 0 atom stereocenters. The third kappa shape index (κ3) is 4.96. The standard InChI is InChI=1S/C9H13ClN2O5S2/c1-17-4-5-18(13,14)12-9-6-7(19(11,15)16)2-3-8(9)10/h2-3,6,12H,4-5H2,1H3,(H2,11,15,16). The highest BCUT2D eigenvalue weighted by Crippen LogP contribution is 2.25. The van der Waals surface area contributed by atoms with Gasteiger partial charge in [0.15, 0.2) is 0 Å². The van der Waals surface area contributed by atoms with Crippen molar-refractivity contribution in [2.75, 3.05) is 24.2 Å². The minimum atomic E-state index is -3.93. The van der Waals surface area contributed by atoms with Gasteiger partial charge in [-0.2, -0.15) is 0 Å². The molecule has 3 N–H and O–H groups in total. The fraction of sp³-hybridized carbons (Fsp3) is 0.333. The number of hydrogen-bond acceptors (Lipinski definition) is 5. The highest BCUT2D eigenvalue weighted by Gasteiger charge is 2.15. The Morgan fingerprint density at radius 3 is 2.47 bits per heavy atom. The van der Waals surface area contributed by atoms with Gasteiger partial charge in [0.05, 0.1) is 28.0 Å². The number of ether oxygens (including phenoxy) is 1. The molecule has 0 bridgehead atoms. The van der Waals surface area contributed by atoms with Crippen LogP contribution < -0.4 is 9.86 Å². The van der Waals surface area contributed by atoms with Crippen molar-refractivity contribution >= 4 is 37.3 Å². The fourth-order valence-corrected chi connectivity index (χ4v) is 2.92.